The molecule has 7 heteroatoms. The number of hydrogen-bond acceptors (Lipinski definition) is 2. The van der Waals surface area contributed by atoms with Crippen molar-refractivity contribution in [1.29, 1.82) is 0 Å². The molecule has 1 heterocycles. The van der Waals surface area contributed by atoms with Crippen LogP contribution in [0, 0.1) is 0 Å². The van der Waals surface area contributed by atoms with Gasteiger partial charge in [0, 0.05) is 27.5 Å². The van der Waals surface area contributed by atoms with Crippen LogP contribution in [0.3, 0.4) is 0 Å². The molecule has 2 N–H and O–H groups in total. The van der Waals surface area contributed by atoms with Crippen LogP contribution in [0.5, 0.6) is 0 Å². The summed E-state index contributed by atoms with van der Waals surface area (Å²) in [5, 5.41) is 7.02. The smallest absolute Gasteiger partial charge is 0.340 e. The first-order chi connectivity index (χ1) is 12.5. The van der Waals surface area contributed by atoms with E-state index in [1.54, 1.807) is 18.3 Å². The lowest BCUT2D eigenvalue weighted by molar-refractivity contribution is 0.254. The molecule has 2 aromatic carbocycles. The van der Waals surface area contributed by atoms with Crippen LogP contribution in [0.15, 0.2) is 58.1 Å². The highest BCUT2D eigenvalue weighted by Gasteiger charge is 2.15. The van der Waals surface area contributed by atoms with Crippen molar-refractivity contribution >= 4 is 56.4 Å². The second-order valence-electron chi connectivity index (χ2n) is 5.75. The Morgan fingerprint density at radius 2 is 2.08 bits per heavy atom. The Bertz CT molecular complexity index is 983. The molecule has 0 aliphatic rings. The van der Waals surface area contributed by atoms with Crippen molar-refractivity contribution in [1.82, 2.24) is 4.57 Å². The number of para-hydroxylation sites is 1. The van der Waals surface area contributed by atoms with E-state index in [0.29, 0.717) is 10.8 Å². The van der Waals surface area contributed by atoms with Crippen molar-refractivity contribution in [2.45, 2.75) is 19.9 Å². The second kappa shape index (κ2) is 7.93. The Morgan fingerprint density at radius 3 is 2.77 bits per heavy atom. The SMILES string of the molecule is CCCn1c(Cl)c(C=NN(C(N)=O)c2cccc(Br)c2)c2ccccc21. The van der Waals surface area contributed by atoms with Crippen molar-refractivity contribution < 1.29 is 4.79 Å². The predicted octanol–water partition coefficient (Wildman–Crippen LogP) is 5.39. The van der Waals surface area contributed by atoms with Crippen molar-refractivity contribution in [2.24, 2.45) is 10.8 Å². The molecule has 0 fully saturated rings. The minimum atomic E-state index is -0.673. The van der Waals surface area contributed by atoms with Crippen molar-refractivity contribution in [3.63, 3.8) is 0 Å². The van der Waals surface area contributed by atoms with E-state index in [9.17, 15) is 4.79 Å². The lowest BCUT2D eigenvalue weighted by Gasteiger charge is -2.14. The van der Waals surface area contributed by atoms with Crippen LogP contribution < -0.4 is 10.7 Å². The number of nitrogens with two attached hydrogens (primary N) is 1. The molecule has 0 bridgehead atoms. The first kappa shape index (κ1) is 18.5. The zero-order valence-corrected chi connectivity index (χ0v) is 16.5. The highest BCUT2D eigenvalue weighted by molar-refractivity contribution is 9.10. The largest absolute Gasteiger partial charge is 0.350 e. The molecule has 0 atom stereocenters. The summed E-state index contributed by atoms with van der Waals surface area (Å²) in [6.45, 7) is 2.90. The minimum Gasteiger partial charge on any atom is -0.350 e. The number of anilines is 1. The molecule has 3 aromatic rings. The van der Waals surface area contributed by atoms with Crippen LogP contribution in [0.25, 0.3) is 10.9 Å². The highest BCUT2D eigenvalue weighted by atomic mass is 79.9. The number of carbonyl (C=O) groups excluding carboxylic acids is 1. The van der Waals surface area contributed by atoms with Gasteiger partial charge in [0.2, 0.25) is 0 Å². The number of urea groups is 1. The molecule has 0 radical (unpaired) electrons. The zero-order valence-electron chi connectivity index (χ0n) is 14.2. The van der Waals surface area contributed by atoms with E-state index in [1.807, 2.05) is 41.0 Å². The number of aromatic nitrogens is 1. The van der Waals surface area contributed by atoms with E-state index >= 15 is 0 Å². The third kappa shape index (κ3) is 3.61. The summed E-state index contributed by atoms with van der Waals surface area (Å²) in [6, 6.07) is 14.5. The third-order valence-electron chi connectivity index (χ3n) is 3.96. The van der Waals surface area contributed by atoms with Crippen molar-refractivity contribution in [3.05, 3.63) is 63.7 Å². The third-order valence-corrected chi connectivity index (χ3v) is 4.86. The van der Waals surface area contributed by atoms with Gasteiger partial charge in [0.05, 0.1) is 11.9 Å². The molecule has 0 saturated heterocycles. The lowest BCUT2D eigenvalue weighted by Crippen LogP contribution is -2.31. The second-order valence-corrected chi connectivity index (χ2v) is 7.02. The number of benzene rings is 2. The van der Waals surface area contributed by atoms with Gasteiger partial charge in [-0.05, 0) is 30.7 Å². The quantitative estimate of drug-likeness (QED) is 0.426. The number of halogens is 2. The van der Waals surface area contributed by atoms with Crippen LogP contribution in [0.4, 0.5) is 10.5 Å². The van der Waals surface area contributed by atoms with Gasteiger partial charge in [-0.15, -0.1) is 0 Å². The molecule has 0 unspecified atom stereocenters. The van der Waals surface area contributed by atoms with Crippen LogP contribution in [-0.4, -0.2) is 16.8 Å². The summed E-state index contributed by atoms with van der Waals surface area (Å²) in [5.41, 5.74) is 7.87. The summed E-state index contributed by atoms with van der Waals surface area (Å²) >= 11 is 9.98. The molecule has 26 heavy (non-hydrogen) atoms. The van der Waals surface area contributed by atoms with E-state index < -0.39 is 6.03 Å². The van der Waals surface area contributed by atoms with E-state index in [2.05, 4.69) is 28.0 Å². The maximum atomic E-state index is 11.9. The molecule has 0 saturated carbocycles. The van der Waals surface area contributed by atoms with Crippen LogP contribution in [0.1, 0.15) is 18.9 Å². The maximum Gasteiger partial charge on any atom is 0.340 e. The van der Waals surface area contributed by atoms with Gasteiger partial charge in [0.15, 0.2) is 0 Å². The van der Waals surface area contributed by atoms with Gasteiger partial charge in [-0.25, -0.2) is 4.79 Å². The Hall–Kier alpha value is -2.31. The van der Waals surface area contributed by atoms with Gasteiger partial charge < -0.3 is 10.3 Å². The molecule has 0 spiro atoms. The fraction of sp³-hybridized carbons (Fsp3) is 0.158. The standard InChI is InChI=1S/C19H18BrClN4O/c1-2-10-24-17-9-4-3-8-15(17)16(18(24)21)12-23-25(19(22)26)14-7-5-6-13(20)11-14/h3-9,11-12H,2,10H2,1H3,(H2,22,26). The van der Waals surface area contributed by atoms with Gasteiger partial charge in [0.1, 0.15) is 5.15 Å². The summed E-state index contributed by atoms with van der Waals surface area (Å²) in [6.07, 6.45) is 2.54. The summed E-state index contributed by atoms with van der Waals surface area (Å²) in [5.74, 6) is 0. The van der Waals surface area contributed by atoms with Crippen LogP contribution in [0.2, 0.25) is 5.15 Å². The monoisotopic (exact) mass is 432 g/mol. The van der Waals surface area contributed by atoms with Crippen molar-refractivity contribution in [3.8, 4) is 0 Å². The lowest BCUT2D eigenvalue weighted by atomic mass is 10.2. The number of fused-ring (bicyclic) bond motifs is 1. The summed E-state index contributed by atoms with van der Waals surface area (Å²) < 4.78 is 2.88. The van der Waals surface area contributed by atoms with Gasteiger partial charge in [-0.2, -0.15) is 10.1 Å². The number of carbonyl (C=O) groups is 1. The van der Waals surface area contributed by atoms with E-state index in [0.717, 1.165) is 38.9 Å². The topological polar surface area (TPSA) is 63.6 Å². The number of amides is 2. The van der Waals surface area contributed by atoms with Crippen molar-refractivity contribution in [2.75, 3.05) is 5.01 Å². The predicted molar refractivity (Wildman–Crippen MR) is 111 cm³/mol. The van der Waals surface area contributed by atoms with Gasteiger partial charge in [-0.3, -0.25) is 0 Å². The number of hydrogen-bond donors (Lipinski definition) is 1. The molecule has 2 amide bonds. The van der Waals surface area contributed by atoms with Gasteiger partial charge in [0.25, 0.3) is 0 Å². The fourth-order valence-corrected chi connectivity index (χ4v) is 3.55. The van der Waals surface area contributed by atoms with Crippen LogP contribution in [-0.2, 0) is 6.54 Å². The van der Waals surface area contributed by atoms with Gasteiger partial charge >= 0.3 is 6.03 Å². The molecular formula is C19H18BrClN4O. The first-order valence-corrected chi connectivity index (χ1v) is 9.36. The van der Waals surface area contributed by atoms with Gasteiger partial charge in [-0.1, -0.05) is 58.7 Å². The van der Waals surface area contributed by atoms with E-state index in [-0.39, 0.29) is 0 Å². The number of hydrazone groups is 1. The van der Waals surface area contributed by atoms with Crippen LogP contribution >= 0.6 is 27.5 Å². The molecule has 3 rings (SSSR count). The van der Waals surface area contributed by atoms with E-state index in [1.165, 1.54) is 0 Å². The Kier molecular flexibility index (Phi) is 5.64. The highest BCUT2D eigenvalue weighted by Crippen LogP contribution is 2.29. The van der Waals surface area contributed by atoms with E-state index in [4.69, 9.17) is 17.3 Å². The number of primary amides is 1. The molecule has 5 nitrogen and oxygen atoms in total. The number of rotatable bonds is 5. The molecular weight excluding hydrogens is 416 g/mol. The Labute approximate surface area is 165 Å². The number of nitrogens with zero attached hydrogens (tertiary/aromatic N) is 3. The average Bonchev–Trinajstić information content (AvgIpc) is 2.88. The zero-order chi connectivity index (χ0) is 18.7. The minimum absolute atomic E-state index is 0.566. The normalized spacial score (nSPS) is 11.3. The summed E-state index contributed by atoms with van der Waals surface area (Å²) in [7, 11) is 0. The summed E-state index contributed by atoms with van der Waals surface area (Å²) in [4.78, 5) is 11.9. The Morgan fingerprint density at radius 1 is 1.31 bits per heavy atom. The number of aryl methyl sites for hydroxylation is 1. The molecule has 1 aromatic heterocycles. The maximum absolute atomic E-state index is 11.9. The molecule has 134 valence electrons. The molecule has 0 aliphatic heterocycles. The first-order valence-electron chi connectivity index (χ1n) is 8.18. The fourth-order valence-electron chi connectivity index (χ4n) is 2.84. The Balaban J connectivity index is 2.06. The average molecular weight is 434 g/mol. The molecule has 0 aliphatic carbocycles.